The molecule has 0 aromatic heterocycles. The zero-order valence-electron chi connectivity index (χ0n) is 14.3. The van der Waals surface area contributed by atoms with E-state index < -0.39 is 0 Å². The zero-order valence-corrected chi connectivity index (χ0v) is 14.3. The Kier molecular flexibility index (Phi) is 5.77. The molecule has 5 nitrogen and oxygen atoms in total. The van der Waals surface area contributed by atoms with Gasteiger partial charge in [-0.2, -0.15) is 0 Å². The molecule has 1 fully saturated rings. The van der Waals surface area contributed by atoms with E-state index in [1.54, 1.807) is 0 Å². The van der Waals surface area contributed by atoms with Crippen LogP contribution in [0.2, 0.25) is 0 Å². The van der Waals surface area contributed by atoms with Crippen LogP contribution in [-0.2, 0) is 16.0 Å². The smallest absolute Gasteiger partial charge is 0.234 e. The van der Waals surface area contributed by atoms with Crippen molar-refractivity contribution >= 4 is 11.8 Å². The number of amides is 2. The highest BCUT2D eigenvalue weighted by molar-refractivity contribution is 5.80. The Hall–Kier alpha value is -1.88. The predicted octanol–water partition coefficient (Wildman–Crippen LogP) is 1.25. The molecule has 2 N–H and O–H groups in total. The quantitative estimate of drug-likeness (QED) is 0.909. The first-order chi connectivity index (χ1) is 10.9. The summed E-state index contributed by atoms with van der Waals surface area (Å²) in [6, 6.07) is 5.95. The fourth-order valence-corrected chi connectivity index (χ4v) is 3.02. The van der Waals surface area contributed by atoms with Crippen molar-refractivity contribution in [3.8, 4) is 0 Å². The van der Waals surface area contributed by atoms with Gasteiger partial charge in [0.2, 0.25) is 11.8 Å². The largest absolute Gasteiger partial charge is 0.368 e. The summed E-state index contributed by atoms with van der Waals surface area (Å²) >= 11 is 0. The van der Waals surface area contributed by atoms with E-state index in [4.69, 9.17) is 5.73 Å². The summed E-state index contributed by atoms with van der Waals surface area (Å²) in [5, 5.41) is 0. The van der Waals surface area contributed by atoms with Crippen molar-refractivity contribution in [3.63, 3.8) is 0 Å². The lowest BCUT2D eigenvalue weighted by atomic mass is 10.0. The van der Waals surface area contributed by atoms with Crippen molar-refractivity contribution in [2.75, 3.05) is 26.2 Å². The molecular formula is C18H27N3O2. The van der Waals surface area contributed by atoms with E-state index in [0.717, 1.165) is 30.6 Å². The molecule has 1 heterocycles. The van der Waals surface area contributed by atoms with Crippen LogP contribution in [0.25, 0.3) is 0 Å². The Morgan fingerprint density at radius 2 is 1.91 bits per heavy atom. The number of nitrogens with zero attached hydrogens (tertiary/aromatic N) is 2. The topological polar surface area (TPSA) is 66.6 Å². The fourth-order valence-electron chi connectivity index (χ4n) is 3.02. The number of benzene rings is 1. The molecule has 0 radical (unpaired) electrons. The Labute approximate surface area is 138 Å². The van der Waals surface area contributed by atoms with Gasteiger partial charge in [0.05, 0.1) is 12.5 Å². The maximum Gasteiger partial charge on any atom is 0.234 e. The summed E-state index contributed by atoms with van der Waals surface area (Å²) in [7, 11) is 0. The second kappa shape index (κ2) is 7.59. The third kappa shape index (κ3) is 4.55. The van der Waals surface area contributed by atoms with Crippen LogP contribution in [0.5, 0.6) is 0 Å². The number of rotatable bonds is 4. The summed E-state index contributed by atoms with van der Waals surface area (Å²) in [5.41, 5.74) is 8.81. The Bertz CT molecular complexity index is 586. The van der Waals surface area contributed by atoms with Gasteiger partial charge in [0.15, 0.2) is 0 Å². The van der Waals surface area contributed by atoms with Gasteiger partial charge in [-0.3, -0.25) is 14.5 Å². The molecule has 0 bridgehead atoms. The molecule has 0 spiro atoms. The lowest BCUT2D eigenvalue weighted by Gasteiger charge is -2.25. The molecule has 1 aliphatic rings. The minimum absolute atomic E-state index is 0.160. The number of nitrogens with two attached hydrogens (primary N) is 1. The van der Waals surface area contributed by atoms with Gasteiger partial charge in [-0.25, -0.2) is 0 Å². The Morgan fingerprint density at radius 1 is 1.17 bits per heavy atom. The molecule has 1 aliphatic heterocycles. The van der Waals surface area contributed by atoms with Crippen LogP contribution in [0, 0.1) is 13.8 Å². The van der Waals surface area contributed by atoms with Gasteiger partial charge in [-0.15, -0.1) is 0 Å². The van der Waals surface area contributed by atoms with Gasteiger partial charge < -0.3 is 10.6 Å². The maximum atomic E-state index is 12.6. The van der Waals surface area contributed by atoms with Crippen LogP contribution >= 0.6 is 0 Å². The van der Waals surface area contributed by atoms with E-state index in [1.807, 2.05) is 25.7 Å². The third-order valence-corrected chi connectivity index (χ3v) is 4.69. The van der Waals surface area contributed by atoms with Crippen molar-refractivity contribution in [2.45, 2.75) is 39.7 Å². The number of hydrogen-bond acceptors (Lipinski definition) is 3. The monoisotopic (exact) mass is 317 g/mol. The number of primary amides is 1. The first kappa shape index (κ1) is 17.5. The van der Waals surface area contributed by atoms with Gasteiger partial charge in [-0.05, 0) is 38.3 Å². The zero-order chi connectivity index (χ0) is 17.0. The summed E-state index contributed by atoms with van der Waals surface area (Å²) < 4.78 is 0. The van der Waals surface area contributed by atoms with E-state index in [1.165, 1.54) is 5.56 Å². The standard InChI is InChI=1S/C18H27N3O2/c1-13-5-6-14(2)16(11-13)12-17(22)21-8-4-7-20(9-10-21)15(3)18(19)23/h5-6,11,15H,4,7-10,12H2,1-3H3,(H2,19,23). The molecule has 0 saturated carbocycles. The van der Waals surface area contributed by atoms with E-state index in [-0.39, 0.29) is 17.9 Å². The lowest BCUT2D eigenvalue weighted by Crippen LogP contribution is -2.44. The van der Waals surface area contributed by atoms with E-state index >= 15 is 0 Å². The third-order valence-electron chi connectivity index (χ3n) is 4.69. The van der Waals surface area contributed by atoms with Gasteiger partial charge in [0.25, 0.3) is 0 Å². The van der Waals surface area contributed by atoms with Crippen LogP contribution in [0.4, 0.5) is 0 Å². The van der Waals surface area contributed by atoms with Crippen LogP contribution in [0.15, 0.2) is 18.2 Å². The summed E-state index contributed by atoms with van der Waals surface area (Å²) in [6.45, 7) is 8.81. The molecule has 1 aromatic rings. The highest BCUT2D eigenvalue weighted by atomic mass is 16.2. The minimum Gasteiger partial charge on any atom is -0.368 e. The molecule has 2 amide bonds. The molecule has 5 heteroatoms. The van der Waals surface area contributed by atoms with Crippen molar-refractivity contribution in [2.24, 2.45) is 5.73 Å². The van der Waals surface area contributed by atoms with Crippen LogP contribution < -0.4 is 5.73 Å². The normalized spacial score (nSPS) is 17.6. The van der Waals surface area contributed by atoms with Gasteiger partial charge in [-0.1, -0.05) is 23.8 Å². The number of hydrogen-bond donors (Lipinski definition) is 1. The van der Waals surface area contributed by atoms with Crippen LogP contribution in [-0.4, -0.2) is 53.8 Å². The summed E-state index contributed by atoms with van der Waals surface area (Å²) in [5.74, 6) is -0.146. The first-order valence-corrected chi connectivity index (χ1v) is 8.25. The molecule has 0 aliphatic carbocycles. The second-order valence-electron chi connectivity index (χ2n) is 6.46. The van der Waals surface area contributed by atoms with Gasteiger partial charge in [0.1, 0.15) is 0 Å². The SMILES string of the molecule is Cc1ccc(C)c(CC(=O)N2CCCN(C(C)C(N)=O)CC2)c1. The van der Waals surface area contributed by atoms with Crippen LogP contribution in [0.3, 0.4) is 0 Å². The maximum absolute atomic E-state index is 12.6. The molecular weight excluding hydrogens is 290 g/mol. The Balaban J connectivity index is 1.98. The second-order valence-corrected chi connectivity index (χ2v) is 6.46. The fraction of sp³-hybridized carbons (Fsp3) is 0.556. The Morgan fingerprint density at radius 3 is 2.61 bits per heavy atom. The average molecular weight is 317 g/mol. The van der Waals surface area contributed by atoms with Gasteiger partial charge in [0, 0.05) is 26.2 Å². The van der Waals surface area contributed by atoms with E-state index in [9.17, 15) is 9.59 Å². The number of carbonyl (C=O) groups excluding carboxylic acids is 2. The van der Waals surface area contributed by atoms with Crippen molar-refractivity contribution in [3.05, 3.63) is 34.9 Å². The molecule has 1 unspecified atom stereocenters. The highest BCUT2D eigenvalue weighted by Crippen LogP contribution is 2.14. The lowest BCUT2D eigenvalue weighted by molar-refractivity contribution is -0.130. The van der Waals surface area contributed by atoms with Crippen molar-refractivity contribution in [1.29, 1.82) is 0 Å². The van der Waals surface area contributed by atoms with Crippen molar-refractivity contribution in [1.82, 2.24) is 9.80 Å². The predicted molar refractivity (Wildman–Crippen MR) is 91.0 cm³/mol. The minimum atomic E-state index is -0.305. The number of aryl methyl sites for hydroxylation is 2. The van der Waals surface area contributed by atoms with Gasteiger partial charge >= 0.3 is 0 Å². The van der Waals surface area contributed by atoms with Crippen LogP contribution in [0.1, 0.15) is 30.0 Å². The van der Waals surface area contributed by atoms with E-state index in [0.29, 0.717) is 19.5 Å². The molecule has 2 rings (SSSR count). The first-order valence-electron chi connectivity index (χ1n) is 8.25. The van der Waals surface area contributed by atoms with Crippen molar-refractivity contribution < 1.29 is 9.59 Å². The summed E-state index contributed by atoms with van der Waals surface area (Å²) in [4.78, 5) is 27.9. The molecule has 1 saturated heterocycles. The number of carbonyl (C=O) groups is 2. The molecule has 126 valence electrons. The highest BCUT2D eigenvalue weighted by Gasteiger charge is 2.24. The molecule has 1 atom stereocenters. The molecule has 1 aromatic carbocycles. The van der Waals surface area contributed by atoms with E-state index in [2.05, 4.69) is 23.1 Å². The molecule has 23 heavy (non-hydrogen) atoms. The summed E-state index contributed by atoms with van der Waals surface area (Å²) in [6.07, 6.45) is 1.31. The average Bonchev–Trinajstić information content (AvgIpc) is 2.76.